The van der Waals surface area contributed by atoms with Gasteiger partial charge in [-0.3, -0.25) is 9.59 Å². The molecule has 1 aliphatic heterocycles. The maximum atomic E-state index is 11.8. The lowest BCUT2D eigenvalue weighted by Crippen LogP contribution is -2.36. The van der Waals surface area contributed by atoms with E-state index >= 15 is 0 Å². The number of amides is 1. The van der Waals surface area contributed by atoms with Crippen molar-refractivity contribution in [2.45, 2.75) is 46.5 Å². The number of aliphatic carboxylic acids is 1. The molecule has 0 aromatic carbocycles. The molecule has 0 spiro atoms. The zero-order chi connectivity index (χ0) is 13.8. The molecule has 0 atom stereocenters. The molecule has 1 rings (SSSR count). The van der Waals surface area contributed by atoms with E-state index in [-0.39, 0.29) is 17.7 Å². The Kier molecular flexibility index (Phi) is 4.93. The van der Waals surface area contributed by atoms with Crippen LogP contribution in [0.25, 0.3) is 0 Å². The average molecular weight is 253 g/mol. The maximum Gasteiger partial charge on any atom is 0.303 e. The Balaban J connectivity index is 2.40. The highest BCUT2D eigenvalue weighted by Crippen LogP contribution is 2.30. The van der Waals surface area contributed by atoms with E-state index in [2.05, 4.69) is 26.8 Å². The zero-order valence-electron chi connectivity index (χ0n) is 11.5. The summed E-state index contributed by atoms with van der Waals surface area (Å²) < 4.78 is 0. The van der Waals surface area contributed by atoms with Crippen LogP contribution in [0, 0.1) is 5.41 Å². The van der Waals surface area contributed by atoms with Crippen molar-refractivity contribution >= 4 is 11.9 Å². The van der Waals surface area contributed by atoms with Gasteiger partial charge in [-0.05, 0) is 18.3 Å². The van der Waals surface area contributed by atoms with E-state index in [0.717, 1.165) is 13.0 Å². The normalized spacial score (nSPS) is 16.4. The smallest absolute Gasteiger partial charge is 0.303 e. The van der Waals surface area contributed by atoms with Gasteiger partial charge in [-0.1, -0.05) is 32.4 Å². The van der Waals surface area contributed by atoms with E-state index in [1.807, 2.05) is 4.90 Å². The summed E-state index contributed by atoms with van der Waals surface area (Å²) in [6.07, 6.45) is 3.90. The minimum absolute atomic E-state index is 0.0699. The van der Waals surface area contributed by atoms with Crippen LogP contribution in [0.1, 0.15) is 46.5 Å². The Morgan fingerprint density at radius 1 is 1.33 bits per heavy atom. The van der Waals surface area contributed by atoms with Crippen LogP contribution in [0.4, 0.5) is 0 Å². The Morgan fingerprint density at radius 2 is 2.00 bits per heavy atom. The van der Waals surface area contributed by atoms with Crippen molar-refractivity contribution in [2.75, 3.05) is 13.1 Å². The number of carbonyl (C=O) groups is 2. The topological polar surface area (TPSA) is 57.6 Å². The molecular weight excluding hydrogens is 230 g/mol. The average Bonchev–Trinajstić information content (AvgIpc) is 2.27. The third-order valence-electron chi connectivity index (χ3n) is 3.31. The number of carboxylic acid groups (broad SMARTS) is 1. The first-order valence-electron chi connectivity index (χ1n) is 6.50. The lowest BCUT2D eigenvalue weighted by molar-refractivity contribution is -0.137. The van der Waals surface area contributed by atoms with Gasteiger partial charge < -0.3 is 10.0 Å². The fourth-order valence-corrected chi connectivity index (χ4v) is 2.13. The van der Waals surface area contributed by atoms with Crippen LogP contribution in [0.15, 0.2) is 11.6 Å². The first-order valence-corrected chi connectivity index (χ1v) is 6.50. The molecule has 0 radical (unpaired) electrons. The molecule has 0 aliphatic carbocycles. The number of hydrogen-bond donors (Lipinski definition) is 1. The van der Waals surface area contributed by atoms with Crippen LogP contribution >= 0.6 is 0 Å². The summed E-state index contributed by atoms with van der Waals surface area (Å²) in [6.45, 7) is 7.98. The van der Waals surface area contributed by atoms with E-state index in [0.29, 0.717) is 19.4 Å². The minimum Gasteiger partial charge on any atom is -0.481 e. The van der Waals surface area contributed by atoms with Crippen LogP contribution in [0.3, 0.4) is 0 Å². The highest BCUT2D eigenvalue weighted by atomic mass is 16.4. The molecule has 18 heavy (non-hydrogen) atoms. The molecule has 0 saturated heterocycles. The molecule has 1 heterocycles. The molecule has 1 aliphatic rings. The molecule has 0 aromatic heterocycles. The summed E-state index contributed by atoms with van der Waals surface area (Å²) in [5.74, 6) is -0.767. The summed E-state index contributed by atoms with van der Waals surface area (Å²) in [6, 6.07) is 0. The number of rotatable bonds is 4. The van der Waals surface area contributed by atoms with Crippen LogP contribution in [0.5, 0.6) is 0 Å². The molecule has 0 saturated carbocycles. The first-order chi connectivity index (χ1) is 8.30. The van der Waals surface area contributed by atoms with Crippen LogP contribution in [-0.2, 0) is 9.59 Å². The molecule has 0 unspecified atom stereocenters. The fourth-order valence-electron chi connectivity index (χ4n) is 2.13. The highest BCUT2D eigenvalue weighted by molar-refractivity contribution is 5.77. The van der Waals surface area contributed by atoms with E-state index in [1.165, 1.54) is 5.57 Å². The van der Waals surface area contributed by atoms with Gasteiger partial charge in [0, 0.05) is 25.9 Å². The van der Waals surface area contributed by atoms with Gasteiger partial charge in [0.25, 0.3) is 0 Å². The van der Waals surface area contributed by atoms with E-state index in [4.69, 9.17) is 5.11 Å². The molecule has 0 aromatic rings. The van der Waals surface area contributed by atoms with E-state index < -0.39 is 5.97 Å². The van der Waals surface area contributed by atoms with Gasteiger partial charge in [-0.25, -0.2) is 0 Å². The molecule has 0 bridgehead atoms. The maximum absolute atomic E-state index is 11.8. The number of carbonyl (C=O) groups excluding carboxylic acids is 1. The van der Waals surface area contributed by atoms with E-state index in [1.54, 1.807) is 0 Å². The lowest BCUT2D eigenvalue weighted by Gasteiger charge is -2.32. The third kappa shape index (κ3) is 4.51. The number of hydrogen-bond acceptors (Lipinski definition) is 2. The Bertz CT molecular complexity index is 353. The molecule has 4 heteroatoms. The predicted octanol–water partition coefficient (Wildman–Crippen LogP) is 2.45. The second-order valence-corrected chi connectivity index (χ2v) is 5.82. The molecule has 102 valence electrons. The molecule has 4 nitrogen and oxygen atoms in total. The molecule has 0 fully saturated rings. The number of carboxylic acids is 1. The second-order valence-electron chi connectivity index (χ2n) is 5.82. The first kappa shape index (κ1) is 14.7. The van der Waals surface area contributed by atoms with Crippen LogP contribution in [-0.4, -0.2) is 35.0 Å². The van der Waals surface area contributed by atoms with Gasteiger partial charge in [-0.15, -0.1) is 0 Å². The minimum atomic E-state index is -0.837. The van der Waals surface area contributed by atoms with Crippen molar-refractivity contribution < 1.29 is 14.7 Å². The van der Waals surface area contributed by atoms with Gasteiger partial charge in [-0.2, -0.15) is 0 Å². The summed E-state index contributed by atoms with van der Waals surface area (Å²) in [7, 11) is 0. The zero-order valence-corrected chi connectivity index (χ0v) is 11.5. The largest absolute Gasteiger partial charge is 0.481 e. The Morgan fingerprint density at radius 3 is 2.44 bits per heavy atom. The Hall–Kier alpha value is -1.32. The predicted molar refractivity (Wildman–Crippen MR) is 70.2 cm³/mol. The lowest BCUT2D eigenvalue weighted by atomic mass is 9.83. The van der Waals surface area contributed by atoms with Gasteiger partial charge in [0.1, 0.15) is 0 Å². The van der Waals surface area contributed by atoms with Crippen LogP contribution in [0.2, 0.25) is 0 Å². The molecular formula is C14H23NO3. The van der Waals surface area contributed by atoms with Gasteiger partial charge in [0.15, 0.2) is 0 Å². The fraction of sp³-hybridized carbons (Fsp3) is 0.714. The number of nitrogens with zero attached hydrogens (tertiary/aromatic N) is 1. The van der Waals surface area contributed by atoms with Crippen molar-refractivity contribution in [3.8, 4) is 0 Å². The van der Waals surface area contributed by atoms with Gasteiger partial charge in [0.2, 0.25) is 5.91 Å². The van der Waals surface area contributed by atoms with Crippen molar-refractivity contribution in [2.24, 2.45) is 5.41 Å². The summed E-state index contributed by atoms with van der Waals surface area (Å²) in [5, 5.41) is 8.53. The summed E-state index contributed by atoms with van der Waals surface area (Å²) in [4.78, 5) is 24.0. The van der Waals surface area contributed by atoms with E-state index in [9.17, 15) is 9.59 Å². The molecule has 1 amide bonds. The SMILES string of the molecule is CC(C)(C)C1=CCN(C(=O)CCCC(=O)O)CC1. The summed E-state index contributed by atoms with van der Waals surface area (Å²) in [5.41, 5.74) is 1.58. The monoisotopic (exact) mass is 253 g/mol. The standard InChI is InChI=1S/C14H23NO3/c1-14(2,3)11-7-9-15(10-8-11)12(16)5-4-6-13(17)18/h7H,4-6,8-10H2,1-3H3,(H,17,18). The highest BCUT2D eigenvalue weighted by Gasteiger charge is 2.23. The quantitative estimate of drug-likeness (QED) is 0.783. The van der Waals surface area contributed by atoms with Crippen molar-refractivity contribution in [3.63, 3.8) is 0 Å². The van der Waals surface area contributed by atoms with Crippen molar-refractivity contribution in [1.82, 2.24) is 4.90 Å². The van der Waals surface area contributed by atoms with Crippen molar-refractivity contribution in [3.05, 3.63) is 11.6 Å². The van der Waals surface area contributed by atoms with Gasteiger partial charge >= 0.3 is 5.97 Å². The Labute approximate surface area is 109 Å². The van der Waals surface area contributed by atoms with Crippen LogP contribution < -0.4 is 0 Å². The van der Waals surface area contributed by atoms with Crippen molar-refractivity contribution in [1.29, 1.82) is 0 Å². The second kappa shape index (κ2) is 6.03. The third-order valence-corrected chi connectivity index (χ3v) is 3.31. The van der Waals surface area contributed by atoms with Gasteiger partial charge in [0.05, 0.1) is 0 Å². The summed E-state index contributed by atoms with van der Waals surface area (Å²) >= 11 is 0. The molecule has 1 N–H and O–H groups in total.